The van der Waals surface area contributed by atoms with E-state index in [0.717, 1.165) is 22.1 Å². The van der Waals surface area contributed by atoms with Crippen molar-refractivity contribution in [2.45, 2.75) is 37.7 Å². The van der Waals surface area contributed by atoms with E-state index in [-0.39, 0.29) is 6.10 Å². The quantitative estimate of drug-likeness (QED) is 0.665. The molecule has 0 bridgehead atoms. The number of nitrogens with zero attached hydrogens (tertiary/aromatic N) is 2. The van der Waals surface area contributed by atoms with Gasteiger partial charge in [-0.2, -0.15) is 0 Å². The van der Waals surface area contributed by atoms with Gasteiger partial charge in [0.1, 0.15) is 5.54 Å². The Balaban J connectivity index is 1.70. The average Bonchev–Trinajstić information content (AvgIpc) is 3.07. The van der Waals surface area contributed by atoms with E-state index in [1.807, 2.05) is 56.3 Å². The molecule has 3 atom stereocenters. The maximum atomic E-state index is 13.3. The highest BCUT2D eigenvalue weighted by Crippen LogP contribution is 2.45. The van der Waals surface area contributed by atoms with E-state index < -0.39 is 22.7 Å². The van der Waals surface area contributed by atoms with Crippen LogP contribution in [0.5, 0.6) is 0 Å². The first kappa shape index (κ1) is 18.8. The van der Waals surface area contributed by atoms with Gasteiger partial charge in [-0.05, 0) is 44.0 Å². The molecule has 1 aliphatic heterocycles. The summed E-state index contributed by atoms with van der Waals surface area (Å²) in [6.45, 7) is 4.50. The van der Waals surface area contributed by atoms with Gasteiger partial charge in [0.25, 0.3) is 0 Å². The number of nitrogens with one attached hydrogen (secondary N) is 1. The molecule has 0 amide bonds. The van der Waals surface area contributed by atoms with Gasteiger partial charge in [-0.1, -0.05) is 48.5 Å². The first-order valence-electron chi connectivity index (χ1n) is 10.1. The average molecular weight is 405 g/mol. The lowest BCUT2D eigenvalue weighted by Gasteiger charge is -2.44. The summed E-state index contributed by atoms with van der Waals surface area (Å²) in [5.74, 6) is -0.986. The third-order valence-corrected chi connectivity index (χ3v) is 5.96. The van der Waals surface area contributed by atoms with Crippen LogP contribution in [-0.2, 0) is 20.8 Å². The Bertz CT molecular complexity index is 1240. The van der Waals surface area contributed by atoms with Crippen LogP contribution in [0, 0.1) is 0 Å². The van der Waals surface area contributed by atoms with Crippen LogP contribution >= 0.6 is 0 Å². The first-order valence-corrected chi connectivity index (χ1v) is 10.1. The maximum absolute atomic E-state index is 13.3. The Morgan fingerprint density at radius 3 is 2.43 bits per heavy atom. The first-order chi connectivity index (χ1) is 14.4. The molecular formula is C23H23N3O4. The fraction of sp³-hybridized carbons (Fsp3) is 0.304. The molecule has 7 heteroatoms. The second-order valence-corrected chi connectivity index (χ2v) is 7.97. The molecule has 0 saturated carbocycles. The van der Waals surface area contributed by atoms with Crippen LogP contribution in [0.4, 0.5) is 0 Å². The van der Waals surface area contributed by atoms with Crippen molar-refractivity contribution in [2.24, 2.45) is 0 Å². The van der Waals surface area contributed by atoms with Gasteiger partial charge < -0.3 is 9.47 Å². The number of hydrogen-bond acceptors (Lipinski definition) is 4. The molecule has 1 saturated heterocycles. The molecular weight excluding hydrogens is 382 g/mol. The van der Waals surface area contributed by atoms with E-state index in [1.54, 1.807) is 24.3 Å². The number of para-hydroxylation sites is 1. The Morgan fingerprint density at radius 1 is 1.00 bits per heavy atom. The summed E-state index contributed by atoms with van der Waals surface area (Å²) >= 11 is 0. The Hall–Kier alpha value is -3.16. The van der Waals surface area contributed by atoms with E-state index in [1.165, 1.54) is 4.68 Å². The summed E-state index contributed by atoms with van der Waals surface area (Å²) in [5, 5.41) is 2.74. The molecule has 0 radical (unpaired) electrons. The highest BCUT2D eigenvalue weighted by atomic mass is 16.7. The Kier molecular flexibility index (Phi) is 4.20. The van der Waals surface area contributed by atoms with Gasteiger partial charge in [0, 0.05) is 5.56 Å². The minimum atomic E-state index is -0.986. The van der Waals surface area contributed by atoms with E-state index >= 15 is 0 Å². The molecule has 7 nitrogen and oxygen atoms in total. The van der Waals surface area contributed by atoms with Crippen molar-refractivity contribution in [3.05, 3.63) is 98.8 Å². The number of benzene rings is 2. The number of ether oxygens (including phenoxy) is 2. The Labute approximate surface area is 173 Å². The van der Waals surface area contributed by atoms with Crippen LogP contribution in [0.25, 0.3) is 5.69 Å². The molecule has 3 aromatic rings. The maximum Gasteiger partial charge on any atom is 0.352 e. The molecule has 2 aromatic carbocycles. The molecule has 2 aliphatic rings. The lowest BCUT2D eigenvalue weighted by molar-refractivity contribution is -0.271. The van der Waals surface area contributed by atoms with Gasteiger partial charge in [-0.3, -0.25) is 0 Å². The van der Waals surface area contributed by atoms with E-state index in [0.29, 0.717) is 12.3 Å². The molecule has 1 unspecified atom stereocenters. The fourth-order valence-corrected chi connectivity index (χ4v) is 4.37. The summed E-state index contributed by atoms with van der Waals surface area (Å²) in [5.41, 5.74) is 0.349. The largest absolute Gasteiger partial charge is 0.352 e. The molecule has 1 aliphatic carbocycles. The molecule has 1 fully saturated rings. The van der Waals surface area contributed by atoms with Gasteiger partial charge in [0.2, 0.25) is 5.79 Å². The predicted octanol–water partition coefficient (Wildman–Crippen LogP) is 2.64. The SMILES string of the molecule is C[C@@H]1CCOC2(C=C[C@@](C)(n3[nH]c(=O)n(-c4ccccc4)c3=O)c3ccccc32)O1. The molecule has 2 heterocycles. The zero-order valence-electron chi connectivity index (χ0n) is 16.9. The lowest BCUT2D eigenvalue weighted by atomic mass is 9.79. The molecule has 154 valence electrons. The highest BCUT2D eigenvalue weighted by Gasteiger charge is 2.46. The number of rotatable bonds is 2. The van der Waals surface area contributed by atoms with Crippen molar-refractivity contribution >= 4 is 0 Å². The molecule has 1 aromatic heterocycles. The van der Waals surface area contributed by atoms with Crippen LogP contribution in [0.3, 0.4) is 0 Å². The van der Waals surface area contributed by atoms with Gasteiger partial charge in [-0.25, -0.2) is 23.9 Å². The van der Waals surface area contributed by atoms with Gasteiger partial charge in [0.05, 0.1) is 18.4 Å². The monoisotopic (exact) mass is 405 g/mol. The van der Waals surface area contributed by atoms with E-state index in [9.17, 15) is 9.59 Å². The topological polar surface area (TPSA) is 78.2 Å². The second kappa shape index (κ2) is 6.68. The Morgan fingerprint density at radius 2 is 1.70 bits per heavy atom. The number of aromatic nitrogens is 3. The highest BCUT2D eigenvalue weighted by molar-refractivity contribution is 5.46. The van der Waals surface area contributed by atoms with Gasteiger partial charge in [-0.15, -0.1) is 0 Å². The smallest absolute Gasteiger partial charge is 0.343 e. The molecule has 1 N–H and O–H groups in total. The molecule has 30 heavy (non-hydrogen) atoms. The van der Waals surface area contributed by atoms with Gasteiger partial charge >= 0.3 is 11.4 Å². The summed E-state index contributed by atoms with van der Waals surface area (Å²) in [6, 6.07) is 16.6. The number of allylic oxidation sites excluding steroid dienone is 1. The van der Waals surface area contributed by atoms with Crippen LogP contribution in [0.15, 0.2) is 76.3 Å². The predicted molar refractivity (Wildman–Crippen MR) is 112 cm³/mol. The third-order valence-electron chi connectivity index (χ3n) is 5.96. The van der Waals surface area contributed by atoms with E-state index in [2.05, 4.69) is 5.10 Å². The summed E-state index contributed by atoms with van der Waals surface area (Å²) < 4.78 is 14.8. The van der Waals surface area contributed by atoms with Crippen molar-refractivity contribution in [1.82, 2.24) is 14.3 Å². The molecule has 5 rings (SSSR count). The van der Waals surface area contributed by atoms with Crippen molar-refractivity contribution in [1.29, 1.82) is 0 Å². The van der Waals surface area contributed by atoms with Gasteiger partial charge in [0.15, 0.2) is 0 Å². The second-order valence-electron chi connectivity index (χ2n) is 7.97. The van der Waals surface area contributed by atoms with E-state index in [4.69, 9.17) is 9.47 Å². The normalized spacial score (nSPS) is 27.9. The van der Waals surface area contributed by atoms with Crippen molar-refractivity contribution < 1.29 is 9.47 Å². The van der Waals surface area contributed by atoms with Crippen LogP contribution in [0.1, 0.15) is 31.4 Å². The van der Waals surface area contributed by atoms with Crippen molar-refractivity contribution in [3.8, 4) is 5.69 Å². The third kappa shape index (κ3) is 2.66. The number of hydrogen-bond donors (Lipinski definition) is 1. The van der Waals surface area contributed by atoms with Crippen LogP contribution < -0.4 is 11.4 Å². The lowest BCUT2D eigenvalue weighted by Crippen LogP contribution is -2.48. The molecule has 1 spiro atoms. The zero-order valence-corrected chi connectivity index (χ0v) is 16.9. The summed E-state index contributed by atoms with van der Waals surface area (Å²) in [6.07, 6.45) is 4.60. The number of aromatic amines is 1. The van der Waals surface area contributed by atoms with Crippen molar-refractivity contribution in [3.63, 3.8) is 0 Å². The van der Waals surface area contributed by atoms with Crippen molar-refractivity contribution in [2.75, 3.05) is 6.61 Å². The fourth-order valence-electron chi connectivity index (χ4n) is 4.37. The van der Waals surface area contributed by atoms with Crippen LogP contribution in [-0.4, -0.2) is 27.1 Å². The number of H-pyrrole nitrogens is 1. The zero-order chi connectivity index (χ0) is 20.9. The summed E-state index contributed by atoms with van der Waals surface area (Å²) in [4.78, 5) is 26.0. The minimum Gasteiger partial charge on any atom is -0.343 e. The minimum absolute atomic E-state index is 0.0440. The standard InChI is InChI=1S/C23H23N3O4/c1-16-12-15-29-23(30-16)14-13-22(2,18-10-6-7-11-19(18)23)26-21(28)25(20(27)24-26)17-8-4-3-5-9-17/h3-11,13-14,16H,12,15H2,1-2H3,(H,24,27)/t16-,22-,23?/m1/s1. The van der Waals surface area contributed by atoms with Crippen LogP contribution in [0.2, 0.25) is 0 Å². The number of fused-ring (bicyclic) bond motifs is 2. The summed E-state index contributed by atoms with van der Waals surface area (Å²) in [7, 11) is 0.